The number of benzene rings is 12. The van der Waals surface area contributed by atoms with Crippen LogP contribution in [0.15, 0.2) is 328 Å². The fourth-order valence-electron chi connectivity index (χ4n) is 15.4. The van der Waals surface area contributed by atoms with Crippen LogP contribution < -0.4 is 0 Å². The third-order valence-electron chi connectivity index (χ3n) is 22.1. The molecule has 3 aliphatic rings. The number of hydrogen-bond acceptors (Lipinski definition) is 11. The van der Waals surface area contributed by atoms with Crippen LogP contribution in [-0.2, 0) is 30.0 Å². The lowest BCUT2D eigenvalue weighted by molar-refractivity contribution is -0.142. The van der Waals surface area contributed by atoms with Crippen molar-refractivity contribution in [2.75, 3.05) is 19.8 Å². The van der Waals surface area contributed by atoms with E-state index in [4.69, 9.17) is 30.8 Å². The van der Waals surface area contributed by atoms with Gasteiger partial charge < -0.3 is 14.2 Å². The van der Waals surface area contributed by atoms with E-state index in [9.17, 15) is 45.1 Å². The van der Waals surface area contributed by atoms with Gasteiger partial charge in [-0.05, 0) is 203 Å². The predicted octanol–water partition coefficient (Wildman–Crippen LogP) is 27.3. The highest BCUT2D eigenvalue weighted by Gasteiger charge is 2.42. The van der Waals surface area contributed by atoms with Gasteiger partial charge in [-0.25, -0.2) is 36.8 Å². The number of carbonyl (C=O) groups excluding carboxylic acids is 3. The first-order chi connectivity index (χ1) is 63.0. The van der Waals surface area contributed by atoms with E-state index in [-0.39, 0.29) is 23.4 Å². The number of halogens is 8. The molecule has 0 aliphatic carbocycles. The molecule has 0 radical (unpaired) electrons. The van der Waals surface area contributed by atoms with E-state index in [2.05, 4.69) is 75.2 Å². The molecule has 0 amide bonds. The molecule has 656 valence electrons. The van der Waals surface area contributed by atoms with Crippen molar-refractivity contribution in [2.45, 2.75) is 74.1 Å². The number of hydrogen-bond donors (Lipinski definition) is 0. The molecule has 20 rings (SSSR count). The van der Waals surface area contributed by atoms with Crippen LogP contribution in [0.25, 0.3) is 105 Å². The largest absolute Gasteiger partial charge is 0.457 e. The molecule has 3 aliphatic heterocycles. The average Bonchev–Trinajstić information content (AvgIpc) is 1.61. The summed E-state index contributed by atoms with van der Waals surface area (Å²) >= 11 is 7.52. The van der Waals surface area contributed by atoms with Crippen molar-refractivity contribution in [1.82, 2.24) is 33.8 Å². The number of pyridine rings is 1. The Balaban J connectivity index is 0.000000121. The van der Waals surface area contributed by atoms with E-state index in [0.29, 0.717) is 75.3 Å². The molecule has 0 unspecified atom stereocenters. The van der Waals surface area contributed by atoms with Crippen LogP contribution in [0.5, 0.6) is 0 Å². The number of ether oxygens (including phenoxy) is 3. The lowest BCUT2D eigenvalue weighted by Gasteiger charge is -2.21. The number of esters is 2. The van der Waals surface area contributed by atoms with Crippen LogP contribution in [-0.4, -0.2) is 76.9 Å². The third-order valence-corrected chi connectivity index (χ3v) is 23.5. The number of Topliss-reactive ketones (excluding diaryl/α,β-unsaturated/α-hetero) is 1. The number of fused-ring (bicyclic) bond motifs is 2. The Labute approximate surface area is 762 Å². The van der Waals surface area contributed by atoms with Gasteiger partial charge in [-0.15, -0.1) is 10.2 Å². The summed E-state index contributed by atoms with van der Waals surface area (Å²) < 4.78 is 114. The van der Waals surface area contributed by atoms with E-state index in [1.54, 1.807) is 90.5 Å². The molecular weight excluding hydrogens is 1700 g/mol. The van der Waals surface area contributed by atoms with Gasteiger partial charge in [0.25, 0.3) is 0 Å². The van der Waals surface area contributed by atoms with Crippen LogP contribution >= 0.6 is 22.9 Å². The quantitative estimate of drug-likeness (QED) is 0.0621. The Bertz CT molecular complexity index is 7050. The van der Waals surface area contributed by atoms with Gasteiger partial charge in [-0.3, -0.25) is 13.6 Å². The molecule has 22 heteroatoms. The van der Waals surface area contributed by atoms with Gasteiger partial charge in [0.05, 0.1) is 63.3 Å². The van der Waals surface area contributed by atoms with E-state index in [0.717, 1.165) is 107 Å². The first kappa shape index (κ1) is 91.0. The van der Waals surface area contributed by atoms with Gasteiger partial charge in [-0.2, -0.15) is 18.3 Å². The second-order valence-electron chi connectivity index (χ2n) is 32.1. The summed E-state index contributed by atoms with van der Waals surface area (Å²) in [6.07, 6.45) is -0.839. The van der Waals surface area contributed by atoms with Crippen molar-refractivity contribution in [3.63, 3.8) is 0 Å². The zero-order chi connectivity index (χ0) is 92.4. The Morgan fingerprint density at radius 2 is 0.954 bits per heavy atom. The summed E-state index contributed by atoms with van der Waals surface area (Å²) in [5.41, 5.74) is 25.0. The minimum Gasteiger partial charge on any atom is -0.457 e. The molecule has 17 aromatic rings. The molecule has 0 atom stereocenters. The monoisotopic (exact) mass is 1790 g/mol. The summed E-state index contributed by atoms with van der Waals surface area (Å²) in [6, 6.07) is 95.8. The first-order valence-corrected chi connectivity index (χ1v) is 43.2. The summed E-state index contributed by atoms with van der Waals surface area (Å²) in [5.74, 6) is -3.00. The lowest BCUT2D eigenvalue weighted by Crippen LogP contribution is -2.22. The molecule has 13 nitrogen and oxygen atoms in total. The highest BCUT2D eigenvalue weighted by molar-refractivity contribution is 7.20. The summed E-state index contributed by atoms with van der Waals surface area (Å²) in [5, 5.41) is 12.5. The van der Waals surface area contributed by atoms with Crippen LogP contribution in [0.1, 0.15) is 104 Å². The van der Waals surface area contributed by atoms with Gasteiger partial charge in [0.2, 0.25) is 4.96 Å². The number of thiazole rings is 1. The fraction of sp³-hybridized carbons (Fsp3) is 0.128. The number of aromatic nitrogens is 7. The Morgan fingerprint density at radius 3 is 1.52 bits per heavy atom. The standard InChI is InChI=1S/C22H17FN2O.C19H17FO2.C17H12ClF3N2.C17H14F2O.C17H13N3S.C17H14O2/c1-14-5-7-16(8-6-14)20-21(17-9-11-18(23)12-10-17)25-13-3-4-19(15(2)26)22(25)24-20;1-12-7-9-13(10-8-12)17-16(18(21)22-19(17,2)3)14-5-4-6-15(20)11-14;1-11-2-8-14(9-3-11)23-15(10-16(22-23)17(19,20)21)12-4-6-13(18)7-5-12;1-11-2-4-12(5-3-11)14-9-20-10-15(14)13-6-7-16(18)17(19)8-13;1-12-7-9-14(10-8-12)16-15(13-5-3-2-4-6-13)20-11-18-19-17(20)21-16;1-12-7-9-13(10-8-12)15-11-19-17(18)16(15)14-5-3-2-4-6-14/h3-13H,1-2H3;4-11H,1-3H3;2-10H,1H3;2-8H,9-10H2,1H3;2-11H,1H3;2-10H,11H2,1H3. The van der Waals surface area contributed by atoms with Crippen molar-refractivity contribution in [1.29, 1.82) is 0 Å². The van der Waals surface area contributed by atoms with Crippen molar-refractivity contribution >= 4 is 84.7 Å². The topological polar surface area (TPSA) is 144 Å². The lowest BCUT2D eigenvalue weighted by atomic mass is 9.86. The third kappa shape index (κ3) is 21.2. The molecule has 0 fully saturated rings. The maximum Gasteiger partial charge on any atom is 0.435 e. The van der Waals surface area contributed by atoms with E-state index < -0.39 is 35.1 Å². The van der Waals surface area contributed by atoms with Crippen molar-refractivity contribution in [3.8, 4) is 61.2 Å². The zero-order valence-corrected chi connectivity index (χ0v) is 74.4. The van der Waals surface area contributed by atoms with Crippen LogP contribution in [0.3, 0.4) is 0 Å². The number of alkyl halides is 3. The minimum atomic E-state index is -4.50. The molecule has 0 bridgehead atoms. The smallest absolute Gasteiger partial charge is 0.435 e. The van der Waals surface area contributed by atoms with Gasteiger partial charge in [0.1, 0.15) is 35.8 Å². The predicted molar refractivity (Wildman–Crippen MR) is 506 cm³/mol. The number of rotatable bonds is 13. The highest BCUT2D eigenvalue weighted by Crippen LogP contribution is 2.46. The van der Waals surface area contributed by atoms with E-state index >= 15 is 0 Å². The van der Waals surface area contributed by atoms with Crippen molar-refractivity contribution in [3.05, 3.63) is 434 Å². The summed E-state index contributed by atoms with van der Waals surface area (Å²) in [7, 11) is 0. The maximum atomic E-state index is 13.5. The summed E-state index contributed by atoms with van der Waals surface area (Å²) in [6.45, 7) is 18.6. The van der Waals surface area contributed by atoms with Gasteiger partial charge in [0, 0.05) is 44.6 Å². The molecule has 0 saturated heterocycles. The number of nitrogens with zero attached hydrogens (tertiary/aromatic N) is 7. The van der Waals surface area contributed by atoms with E-state index in [1.807, 2.05) is 211 Å². The molecular formula is C109H87ClF7N7O6S. The SMILES string of the molecule is CC(=O)c1cccn2c(-c3ccc(F)cc3)c(-c3ccc(C)cc3)nc12.Cc1ccc(-c2sc3nncn3c2-c2ccccc2)cc1.Cc1ccc(-n2nc(C(F)(F)F)cc2-c2ccc(Cl)cc2)cc1.Cc1ccc(C2=C(c3ccc(F)c(F)c3)COC2)cc1.Cc1ccc(C2=C(c3cccc(F)c3)C(=O)OC2(C)C)cc1.Cc1ccc(C2=C(c3ccccc3)C(=O)OC2)cc1. The molecule has 0 saturated carbocycles. The Hall–Kier alpha value is -14.8. The van der Waals surface area contributed by atoms with Crippen LogP contribution in [0, 0.1) is 64.8 Å². The zero-order valence-electron chi connectivity index (χ0n) is 72.8. The Kier molecular flexibility index (Phi) is 27.7. The molecule has 131 heavy (non-hydrogen) atoms. The second-order valence-corrected chi connectivity index (χ2v) is 33.6. The fourth-order valence-corrected chi connectivity index (χ4v) is 16.6. The highest BCUT2D eigenvalue weighted by atomic mass is 35.5. The maximum absolute atomic E-state index is 13.5. The van der Waals surface area contributed by atoms with Crippen molar-refractivity contribution < 1.29 is 59.3 Å². The average molecular weight is 1790 g/mol. The normalized spacial score (nSPS) is 13.3. The molecule has 12 aromatic carbocycles. The molecule has 8 heterocycles. The van der Waals surface area contributed by atoms with Crippen LogP contribution in [0.4, 0.5) is 30.7 Å². The summed E-state index contributed by atoms with van der Waals surface area (Å²) in [4.78, 5) is 43.3. The Morgan fingerprint density at radius 1 is 0.450 bits per heavy atom. The minimum absolute atomic E-state index is 0.0401. The number of imidazole rings is 1. The van der Waals surface area contributed by atoms with Crippen molar-refractivity contribution in [2.24, 2.45) is 0 Å². The molecule has 5 aromatic heterocycles. The first-order valence-electron chi connectivity index (χ1n) is 42.0. The number of aryl methyl sites for hydroxylation is 6. The molecule has 0 N–H and O–H groups in total. The number of carbonyl (C=O) groups is 3. The van der Waals surface area contributed by atoms with Gasteiger partial charge in [-0.1, -0.05) is 281 Å². The number of cyclic esters (lactones) is 2. The van der Waals surface area contributed by atoms with Crippen LogP contribution in [0.2, 0.25) is 5.02 Å². The second kappa shape index (κ2) is 39.9. The van der Waals surface area contributed by atoms with Gasteiger partial charge >= 0.3 is 18.1 Å². The number of ketones is 1. The van der Waals surface area contributed by atoms with Gasteiger partial charge in [0.15, 0.2) is 23.1 Å². The molecule has 0 spiro atoms. The van der Waals surface area contributed by atoms with E-state index in [1.165, 1.54) is 74.6 Å².